The molecule has 0 aromatic rings. The molecule has 0 saturated heterocycles. The minimum Gasteiger partial charge on any atom is -0.633 e. The Bertz CT molecular complexity index is 96.6. The molecule has 0 spiro atoms. The number of likely N-dealkylation sites (N-methyl/N-ethyl adjacent to an activating group) is 1. The van der Waals surface area contributed by atoms with Gasteiger partial charge in [-0.05, 0) is 0 Å². The van der Waals surface area contributed by atoms with Crippen molar-refractivity contribution in [1.82, 2.24) is 0 Å². The van der Waals surface area contributed by atoms with Crippen LogP contribution >= 0.6 is 0 Å². The molecule has 0 aliphatic carbocycles. The molecule has 0 bridgehead atoms. The van der Waals surface area contributed by atoms with Crippen LogP contribution in [0.15, 0.2) is 0 Å². The number of hydrogen-bond donors (Lipinski definition) is 1. The van der Waals surface area contributed by atoms with Crippen LogP contribution in [0.2, 0.25) is 0 Å². The predicted molar refractivity (Wildman–Crippen MR) is 51.4 cm³/mol. The largest absolute Gasteiger partial charge is 0.633 e. The van der Waals surface area contributed by atoms with Gasteiger partial charge in [0.2, 0.25) is 0 Å². The Morgan fingerprint density at radius 1 is 1.00 bits per heavy atom. The lowest BCUT2D eigenvalue weighted by Gasteiger charge is -2.27. The molecule has 0 atom stereocenters. The van der Waals surface area contributed by atoms with Gasteiger partial charge in [-0.15, -0.1) is 0 Å². The molecule has 0 aromatic carbocycles. The van der Waals surface area contributed by atoms with E-state index < -0.39 is 0 Å². The number of aliphatic hydroxyl groups is 1. The van der Waals surface area contributed by atoms with E-state index in [2.05, 4.69) is 21.1 Å². The van der Waals surface area contributed by atoms with Crippen LogP contribution in [0.4, 0.5) is 0 Å². The van der Waals surface area contributed by atoms with Gasteiger partial charge in [0.05, 0.1) is 48.9 Å². The first-order valence-corrected chi connectivity index (χ1v) is 4.00. The monoisotopic (exact) mass is 179 g/mol. The lowest BCUT2D eigenvalue weighted by Crippen LogP contribution is -2.36. The lowest BCUT2D eigenvalue weighted by molar-refractivity contribution is -0.870. The fourth-order valence-electron chi connectivity index (χ4n) is 0.300. The van der Waals surface area contributed by atoms with Crippen LogP contribution in [0.5, 0.6) is 0 Å². The Hall–Kier alpha value is -0.160. The Morgan fingerprint density at radius 2 is 1.25 bits per heavy atom. The highest BCUT2D eigenvalue weighted by Gasteiger charge is 2.02. The molecule has 0 heterocycles. The van der Waals surface area contributed by atoms with E-state index in [0.29, 0.717) is 0 Å². The van der Waals surface area contributed by atoms with E-state index in [4.69, 9.17) is 5.11 Å². The molecule has 0 aliphatic heterocycles. The van der Waals surface area contributed by atoms with Crippen molar-refractivity contribution >= 4 is 0 Å². The average Bonchev–Trinajstić information content (AvgIpc) is 1.54. The summed E-state index contributed by atoms with van der Waals surface area (Å²) in [7, 11) is 10.9. The van der Waals surface area contributed by atoms with Crippen LogP contribution in [-0.4, -0.2) is 69.7 Å². The van der Waals surface area contributed by atoms with Crippen molar-refractivity contribution in [1.29, 1.82) is 0 Å². The third-order valence-corrected chi connectivity index (χ3v) is 0.771. The van der Waals surface area contributed by atoms with Crippen LogP contribution in [0.25, 0.3) is 0 Å². The van der Waals surface area contributed by atoms with Gasteiger partial charge in [-0.3, -0.25) is 0 Å². The summed E-state index contributed by atoms with van der Waals surface area (Å²) in [6, 6.07) is 0. The van der Waals surface area contributed by atoms with Crippen molar-refractivity contribution in [2.75, 3.05) is 55.4 Å². The van der Waals surface area contributed by atoms with Gasteiger partial charge in [0.25, 0.3) is 0 Å². The summed E-state index contributed by atoms with van der Waals surface area (Å²) in [4.78, 5) is 0. The highest BCUT2D eigenvalue weighted by molar-refractivity contribution is 4.19. The maximum atomic E-state index is 10.0. The van der Waals surface area contributed by atoms with Crippen molar-refractivity contribution in [2.24, 2.45) is 0 Å². The maximum Gasteiger partial charge on any atom is 0.101 e. The third-order valence-electron chi connectivity index (χ3n) is 0.771. The molecule has 0 unspecified atom stereocenters. The van der Waals surface area contributed by atoms with Crippen molar-refractivity contribution in [3.8, 4) is 0 Å². The van der Waals surface area contributed by atoms with Crippen LogP contribution in [0, 0.1) is 5.21 Å². The van der Waals surface area contributed by atoms with Crippen molar-refractivity contribution in [3.63, 3.8) is 0 Å². The van der Waals surface area contributed by atoms with Crippen LogP contribution in [0.3, 0.4) is 0 Å². The highest BCUT2D eigenvalue weighted by atomic mass is 16.5. The quantitative estimate of drug-likeness (QED) is 0.474. The van der Waals surface area contributed by atoms with Gasteiger partial charge in [0, 0.05) is 0 Å². The zero-order valence-corrected chi connectivity index (χ0v) is 9.16. The molecular weight excluding hydrogens is 156 g/mol. The van der Waals surface area contributed by atoms with Gasteiger partial charge < -0.3 is 19.4 Å². The van der Waals surface area contributed by atoms with Crippen LogP contribution in [0.1, 0.15) is 0 Å². The molecule has 0 rings (SSSR count). The number of aliphatic hydroxyl groups excluding tert-OH is 1. The minimum atomic E-state index is -0.250. The van der Waals surface area contributed by atoms with Crippen molar-refractivity contribution in [3.05, 3.63) is 5.21 Å². The smallest absolute Gasteiger partial charge is 0.101 e. The van der Waals surface area contributed by atoms with E-state index in [1.54, 1.807) is 21.1 Å². The topological polar surface area (TPSA) is 43.3 Å². The molecular formula is C8H23N2O2+. The summed E-state index contributed by atoms with van der Waals surface area (Å²) >= 11 is 0. The van der Waals surface area contributed by atoms with E-state index in [0.717, 1.165) is 11.0 Å². The first kappa shape index (κ1) is 14.4. The van der Waals surface area contributed by atoms with Gasteiger partial charge >= 0.3 is 0 Å². The minimum absolute atomic E-state index is 0.250. The van der Waals surface area contributed by atoms with Crippen molar-refractivity contribution in [2.45, 2.75) is 0 Å². The first-order chi connectivity index (χ1) is 5.06. The molecule has 12 heavy (non-hydrogen) atoms. The molecule has 0 amide bonds. The van der Waals surface area contributed by atoms with Crippen LogP contribution in [-0.2, 0) is 0 Å². The average molecular weight is 179 g/mol. The first-order valence-electron chi connectivity index (χ1n) is 4.00. The summed E-state index contributed by atoms with van der Waals surface area (Å²) in [6.45, 7) is 1.11. The fourth-order valence-corrected chi connectivity index (χ4v) is 0.300. The molecule has 0 saturated carbocycles. The molecule has 0 aromatic heterocycles. The summed E-state index contributed by atoms with van der Waals surface area (Å²) in [5, 5.41) is 18.4. The zero-order valence-electron chi connectivity index (χ0n) is 9.16. The molecule has 4 nitrogen and oxygen atoms in total. The van der Waals surface area contributed by atoms with Gasteiger partial charge in [-0.25, -0.2) is 0 Å². The Labute approximate surface area is 75.8 Å². The number of rotatable bonds is 2. The number of nitrogens with zero attached hydrogens (tertiary/aromatic N) is 2. The van der Waals surface area contributed by atoms with E-state index in [1.165, 1.54) is 0 Å². The van der Waals surface area contributed by atoms with Gasteiger partial charge in [0.15, 0.2) is 0 Å². The van der Waals surface area contributed by atoms with E-state index in [1.807, 2.05) is 0 Å². The third kappa shape index (κ3) is 52.1. The summed E-state index contributed by atoms with van der Waals surface area (Å²) in [5.74, 6) is 0. The zero-order chi connectivity index (χ0) is 10.4. The molecule has 4 heteroatoms. The Morgan fingerprint density at radius 3 is 1.25 bits per heavy atom. The maximum absolute atomic E-state index is 10.0. The lowest BCUT2D eigenvalue weighted by atomic mass is 10.5. The second-order valence-corrected chi connectivity index (χ2v) is 4.63. The summed E-state index contributed by atoms with van der Waals surface area (Å²) < 4.78 is 0.594. The standard InChI is InChI=1S/C5H14NO.C3H9NO/c1-6(2,3)4-5-7;1-4(2,3)5/h7H,4-5H2,1-3H3;1-3H3/q+1;. The van der Waals surface area contributed by atoms with Gasteiger partial charge in [0.1, 0.15) is 6.54 Å². The normalized spacial score (nSPS) is 12.0. The van der Waals surface area contributed by atoms with Crippen LogP contribution < -0.4 is 0 Å². The Kier molecular flexibility index (Phi) is 6.56. The number of quaternary nitrogens is 2. The fraction of sp³-hybridized carbons (Fsp3) is 1.00. The molecule has 1 N–H and O–H groups in total. The summed E-state index contributed by atoms with van der Waals surface area (Å²) in [5.41, 5.74) is 0. The molecule has 0 fully saturated rings. The summed E-state index contributed by atoms with van der Waals surface area (Å²) in [6.07, 6.45) is 0. The van der Waals surface area contributed by atoms with E-state index in [-0.39, 0.29) is 11.3 Å². The van der Waals surface area contributed by atoms with Crippen molar-refractivity contribution < 1.29 is 14.2 Å². The second kappa shape index (κ2) is 5.48. The van der Waals surface area contributed by atoms with Gasteiger partial charge in [-0.2, -0.15) is 0 Å². The molecule has 0 aliphatic rings. The van der Waals surface area contributed by atoms with E-state index in [9.17, 15) is 5.21 Å². The number of hydroxylamine groups is 3. The van der Waals surface area contributed by atoms with E-state index >= 15 is 0 Å². The molecule has 76 valence electrons. The molecule has 0 radical (unpaired) electrons. The SMILES string of the molecule is C[N+](C)(C)CCO.C[N+](C)(C)[O-]. The predicted octanol–water partition coefficient (Wildman–Crippen LogP) is -0.125. The Balaban J connectivity index is 0. The number of hydrogen-bond acceptors (Lipinski definition) is 2. The second-order valence-electron chi connectivity index (χ2n) is 4.63. The van der Waals surface area contributed by atoms with Gasteiger partial charge in [-0.1, -0.05) is 0 Å². The highest BCUT2D eigenvalue weighted by Crippen LogP contribution is 1.84.